The third-order valence-electron chi connectivity index (χ3n) is 3.17. The van der Waals surface area contributed by atoms with Gasteiger partial charge in [-0.25, -0.2) is 4.39 Å². The maximum atomic E-state index is 12.8. The minimum atomic E-state index is -1.44. The van der Waals surface area contributed by atoms with Crippen molar-refractivity contribution in [3.63, 3.8) is 0 Å². The molecule has 2 aromatic rings. The van der Waals surface area contributed by atoms with E-state index in [1.54, 1.807) is 19.1 Å². The quantitative estimate of drug-likeness (QED) is 0.748. The first-order chi connectivity index (χ1) is 10.8. The SMILES string of the molecule is Cc1ccc(C(C)(O)CNC(=O)C(=O)Nc2ccc(F)cc2)o1. The third kappa shape index (κ3) is 4.40. The Hall–Kier alpha value is -2.67. The number of aliphatic hydroxyl groups is 1. The lowest BCUT2D eigenvalue weighted by atomic mass is 10.0. The zero-order chi connectivity index (χ0) is 17.0. The number of hydrogen-bond donors (Lipinski definition) is 3. The Balaban J connectivity index is 1.91. The first kappa shape index (κ1) is 16.7. The van der Waals surface area contributed by atoms with Gasteiger partial charge in [0, 0.05) is 5.69 Å². The second-order valence-corrected chi connectivity index (χ2v) is 5.33. The molecule has 0 bridgehead atoms. The number of amides is 2. The summed E-state index contributed by atoms with van der Waals surface area (Å²) < 4.78 is 18.1. The molecule has 0 aliphatic heterocycles. The molecule has 0 saturated heterocycles. The number of anilines is 1. The predicted octanol–water partition coefficient (Wildman–Crippen LogP) is 1.69. The average Bonchev–Trinajstić information content (AvgIpc) is 2.94. The summed E-state index contributed by atoms with van der Waals surface area (Å²) in [5.74, 6) is -1.37. The predicted molar refractivity (Wildman–Crippen MR) is 81.1 cm³/mol. The zero-order valence-electron chi connectivity index (χ0n) is 12.7. The highest BCUT2D eigenvalue weighted by atomic mass is 19.1. The van der Waals surface area contributed by atoms with Crippen LogP contribution in [0.2, 0.25) is 0 Å². The fraction of sp³-hybridized carbons (Fsp3) is 0.250. The van der Waals surface area contributed by atoms with E-state index >= 15 is 0 Å². The number of halogens is 1. The highest BCUT2D eigenvalue weighted by Crippen LogP contribution is 2.21. The molecular weight excluding hydrogens is 303 g/mol. The summed E-state index contributed by atoms with van der Waals surface area (Å²) in [5.41, 5.74) is -1.15. The van der Waals surface area contributed by atoms with E-state index in [0.29, 0.717) is 11.4 Å². The van der Waals surface area contributed by atoms with Crippen LogP contribution in [0.4, 0.5) is 10.1 Å². The Kier molecular flexibility index (Phi) is 4.80. The van der Waals surface area contributed by atoms with Gasteiger partial charge in [0.25, 0.3) is 0 Å². The highest BCUT2D eigenvalue weighted by molar-refractivity contribution is 6.39. The third-order valence-corrected chi connectivity index (χ3v) is 3.17. The number of rotatable bonds is 4. The van der Waals surface area contributed by atoms with Gasteiger partial charge in [0.1, 0.15) is 22.9 Å². The lowest BCUT2D eigenvalue weighted by molar-refractivity contribution is -0.136. The number of benzene rings is 1. The van der Waals surface area contributed by atoms with Crippen molar-refractivity contribution in [2.45, 2.75) is 19.4 Å². The molecule has 1 atom stereocenters. The van der Waals surface area contributed by atoms with Crippen LogP contribution < -0.4 is 10.6 Å². The van der Waals surface area contributed by atoms with E-state index in [1.165, 1.54) is 19.1 Å². The fourth-order valence-electron chi connectivity index (χ4n) is 1.86. The molecule has 0 saturated carbocycles. The molecule has 0 aliphatic rings. The van der Waals surface area contributed by atoms with Crippen LogP contribution in [0.5, 0.6) is 0 Å². The molecule has 0 fully saturated rings. The molecule has 6 nitrogen and oxygen atoms in total. The highest BCUT2D eigenvalue weighted by Gasteiger charge is 2.28. The Bertz CT molecular complexity index is 707. The first-order valence-electron chi connectivity index (χ1n) is 6.92. The van der Waals surface area contributed by atoms with Crippen molar-refractivity contribution in [2.75, 3.05) is 11.9 Å². The molecule has 23 heavy (non-hydrogen) atoms. The summed E-state index contributed by atoms with van der Waals surface area (Å²) in [6, 6.07) is 8.28. The van der Waals surface area contributed by atoms with E-state index in [9.17, 15) is 19.1 Å². The second kappa shape index (κ2) is 6.62. The summed E-state index contributed by atoms with van der Waals surface area (Å²) in [6.45, 7) is 2.99. The van der Waals surface area contributed by atoms with Crippen molar-refractivity contribution in [1.29, 1.82) is 0 Å². The average molecular weight is 320 g/mol. The molecule has 122 valence electrons. The molecule has 7 heteroatoms. The summed E-state index contributed by atoms with van der Waals surface area (Å²) in [4.78, 5) is 23.5. The molecule has 1 aromatic carbocycles. The van der Waals surface area contributed by atoms with Gasteiger partial charge in [-0.2, -0.15) is 0 Å². The Labute approximate surface area is 132 Å². The number of aryl methyl sites for hydroxylation is 1. The monoisotopic (exact) mass is 320 g/mol. The van der Waals surface area contributed by atoms with Gasteiger partial charge in [0.2, 0.25) is 0 Å². The van der Waals surface area contributed by atoms with Crippen molar-refractivity contribution in [2.24, 2.45) is 0 Å². The van der Waals surface area contributed by atoms with Crippen LogP contribution in [-0.4, -0.2) is 23.5 Å². The maximum absolute atomic E-state index is 12.8. The van der Waals surface area contributed by atoms with E-state index < -0.39 is 23.2 Å². The standard InChI is InChI=1S/C16H17FN2O4/c1-10-3-8-13(23-10)16(2,22)9-18-14(20)15(21)19-12-6-4-11(17)5-7-12/h3-8,22H,9H2,1-2H3,(H,18,20)(H,19,21). The molecule has 0 aliphatic carbocycles. The lowest BCUT2D eigenvalue weighted by Crippen LogP contribution is -2.43. The maximum Gasteiger partial charge on any atom is 0.313 e. The summed E-state index contributed by atoms with van der Waals surface area (Å²) in [7, 11) is 0. The minimum absolute atomic E-state index is 0.199. The van der Waals surface area contributed by atoms with E-state index in [1.807, 2.05) is 0 Å². The molecule has 2 rings (SSSR count). The number of carbonyl (C=O) groups is 2. The van der Waals surface area contributed by atoms with Crippen molar-refractivity contribution < 1.29 is 23.5 Å². The smallest absolute Gasteiger partial charge is 0.313 e. The van der Waals surface area contributed by atoms with E-state index in [-0.39, 0.29) is 12.3 Å². The topological polar surface area (TPSA) is 91.6 Å². The number of nitrogens with one attached hydrogen (secondary N) is 2. The summed E-state index contributed by atoms with van der Waals surface area (Å²) in [6.07, 6.45) is 0. The van der Waals surface area contributed by atoms with Crippen LogP contribution in [0, 0.1) is 12.7 Å². The van der Waals surface area contributed by atoms with Gasteiger partial charge in [-0.1, -0.05) is 0 Å². The summed E-state index contributed by atoms with van der Waals surface area (Å²) >= 11 is 0. The number of carbonyl (C=O) groups excluding carboxylic acids is 2. The molecule has 3 N–H and O–H groups in total. The van der Waals surface area contributed by atoms with Crippen LogP contribution in [0.25, 0.3) is 0 Å². The van der Waals surface area contributed by atoms with E-state index in [0.717, 1.165) is 12.1 Å². The van der Waals surface area contributed by atoms with Crippen molar-refractivity contribution in [1.82, 2.24) is 5.32 Å². The fourth-order valence-corrected chi connectivity index (χ4v) is 1.86. The molecule has 1 aromatic heterocycles. The minimum Gasteiger partial charge on any atom is -0.463 e. The van der Waals surface area contributed by atoms with Gasteiger partial charge in [0.05, 0.1) is 6.54 Å². The lowest BCUT2D eigenvalue weighted by Gasteiger charge is -2.21. The van der Waals surface area contributed by atoms with Crippen molar-refractivity contribution in [3.8, 4) is 0 Å². The van der Waals surface area contributed by atoms with Gasteiger partial charge >= 0.3 is 11.8 Å². The van der Waals surface area contributed by atoms with Crippen molar-refractivity contribution in [3.05, 3.63) is 53.7 Å². The van der Waals surface area contributed by atoms with Crippen LogP contribution in [0.1, 0.15) is 18.4 Å². The largest absolute Gasteiger partial charge is 0.463 e. The van der Waals surface area contributed by atoms with Crippen LogP contribution >= 0.6 is 0 Å². The number of hydrogen-bond acceptors (Lipinski definition) is 4. The first-order valence-corrected chi connectivity index (χ1v) is 6.92. The molecule has 1 heterocycles. The van der Waals surface area contributed by atoms with Gasteiger partial charge < -0.3 is 20.2 Å². The van der Waals surface area contributed by atoms with Gasteiger partial charge in [-0.3, -0.25) is 9.59 Å². The summed E-state index contributed by atoms with van der Waals surface area (Å²) in [5, 5.41) is 14.9. The molecule has 1 unspecified atom stereocenters. The Morgan fingerprint density at radius 2 is 1.83 bits per heavy atom. The van der Waals surface area contributed by atoms with Crippen LogP contribution in [-0.2, 0) is 15.2 Å². The molecular formula is C16H17FN2O4. The molecule has 0 radical (unpaired) electrons. The van der Waals surface area contributed by atoms with Gasteiger partial charge in [0.15, 0.2) is 0 Å². The van der Waals surface area contributed by atoms with Gasteiger partial charge in [-0.15, -0.1) is 0 Å². The van der Waals surface area contributed by atoms with Crippen LogP contribution in [0.3, 0.4) is 0 Å². The Morgan fingerprint density at radius 3 is 2.39 bits per heavy atom. The Morgan fingerprint density at radius 1 is 1.17 bits per heavy atom. The van der Waals surface area contributed by atoms with E-state index in [2.05, 4.69) is 10.6 Å². The molecule has 2 amide bonds. The van der Waals surface area contributed by atoms with Crippen LogP contribution in [0.15, 0.2) is 40.8 Å². The normalized spacial score (nSPS) is 13.2. The number of furan rings is 1. The zero-order valence-corrected chi connectivity index (χ0v) is 12.7. The van der Waals surface area contributed by atoms with Gasteiger partial charge in [-0.05, 0) is 50.2 Å². The molecule has 0 spiro atoms. The van der Waals surface area contributed by atoms with E-state index in [4.69, 9.17) is 4.42 Å². The van der Waals surface area contributed by atoms with Crippen molar-refractivity contribution >= 4 is 17.5 Å². The second-order valence-electron chi connectivity index (χ2n) is 5.33.